The largest absolute Gasteiger partial charge is 0.496 e. The van der Waals surface area contributed by atoms with E-state index >= 15 is 0 Å². The van der Waals surface area contributed by atoms with Crippen LogP contribution >= 0.6 is 0 Å². The van der Waals surface area contributed by atoms with Gasteiger partial charge in [0.25, 0.3) is 5.91 Å². The molecule has 0 spiro atoms. The van der Waals surface area contributed by atoms with Gasteiger partial charge in [0, 0.05) is 19.3 Å². The second-order valence-corrected chi connectivity index (χ2v) is 5.58. The Balaban J connectivity index is 1.74. The standard InChI is InChI=1S/C17H21N3O4/c1-22-15-6-4-3-5-11(15)13-9-14(20-19-13)17(21)18-12-7-8-24-10-16(12)23-2/h3-6,9,12,16H,7-8,10H2,1-2H3,(H,18,21)(H,19,20)/t12-,16-/m1/s1. The van der Waals surface area contributed by atoms with E-state index in [1.54, 1.807) is 20.3 Å². The summed E-state index contributed by atoms with van der Waals surface area (Å²) in [6.45, 7) is 1.09. The van der Waals surface area contributed by atoms with Crippen LogP contribution in [0.25, 0.3) is 11.3 Å². The minimum Gasteiger partial charge on any atom is -0.496 e. The summed E-state index contributed by atoms with van der Waals surface area (Å²) >= 11 is 0. The van der Waals surface area contributed by atoms with Crippen LogP contribution in [-0.2, 0) is 9.47 Å². The molecular formula is C17H21N3O4. The van der Waals surface area contributed by atoms with Crippen LogP contribution in [0.4, 0.5) is 0 Å². The lowest BCUT2D eigenvalue weighted by Crippen LogP contribution is -2.49. The van der Waals surface area contributed by atoms with Gasteiger partial charge in [-0.15, -0.1) is 0 Å². The van der Waals surface area contributed by atoms with E-state index in [4.69, 9.17) is 14.2 Å². The number of aromatic amines is 1. The second-order valence-electron chi connectivity index (χ2n) is 5.58. The van der Waals surface area contributed by atoms with E-state index in [1.807, 2.05) is 24.3 Å². The Hall–Kier alpha value is -2.38. The highest BCUT2D eigenvalue weighted by Crippen LogP contribution is 2.28. The number of para-hydroxylation sites is 1. The Morgan fingerprint density at radius 2 is 2.21 bits per heavy atom. The Morgan fingerprint density at radius 3 is 3.00 bits per heavy atom. The summed E-state index contributed by atoms with van der Waals surface area (Å²) in [7, 11) is 3.23. The quantitative estimate of drug-likeness (QED) is 0.869. The first-order chi connectivity index (χ1) is 11.7. The van der Waals surface area contributed by atoms with Gasteiger partial charge in [-0.3, -0.25) is 9.89 Å². The van der Waals surface area contributed by atoms with E-state index < -0.39 is 0 Å². The first-order valence-corrected chi connectivity index (χ1v) is 7.83. The molecule has 24 heavy (non-hydrogen) atoms. The van der Waals surface area contributed by atoms with Gasteiger partial charge in [0.05, 0.1) is 25.5 Å². The third-order valence-corrected chi connectivity index (χ3v) is 4.13. The molecule has 1 aliphatic heterocycles. The molecule has 1 amide bonds. The van der Waals surface area contributed by atoms with E-state index in [9.17, 15) is 4.79 Å². The third kappa shape index (κ3) is 3.42. The minimum absolute atomic E-state index is 0.0748. The molecule has 0 bridgehead atoms. The van der Waals surface area contributed by atoms with Gasteiger partial charge < -0.3 is 19.5 Å². The van der Waals surface area contributed by atoms with E-state index in [0.717, 1.165) is 12.0 Å². The summed E-state index contributed by atoms with van der Waals surface area (Å²) < 4.78 is 16.1. The normalized spacial score (nSPS) is 20.6. The van der Waals surface area contributed by atoms with Gasteiger partial charge in [-0.25, -0.2) is 0 Å². The van der Waals surface area contributed by atoms with Crippen LogP contribution in [0, 0.1) is 0 Å². The molecular weight excluding hydrogens is 310 g/mol. The van der Waals surface area contributed by atoms with Crippen LogP contribution in [0.15, 0.2) is 30.3 Å². The molecule has 7 heteroatoms. The highest BCUT2D eigenvalue weighted by Gasteiger charge is 2.27. The molecule has 2 atom stereocenters. The van der Waals surface area contributed by atoms with Crippen molar-refractivity contribution in [3.63, 3.8) is 0 Å². The number of H-pyrrole nitrogens is 1. The number of hydrogen-bond acceptors (Lipinski definition) is 5. The van der Waals surface area contributed by atoms with Crippen molar-refractivity contribution in [1.29, 1.82) is 0 Å². The van der Waals surface area contributed by atoms with Gasteiger partial charge in [-0.05, 0) is 24.6 Å². The summed E-state index contributed by atoms with van der Waals surface area (Å²) in [5, 5.41) is 10.00. The first kappa shape index (κ1) is 16.5. The van der Waals surface area contributed by atoms with Crippen molar-refractivity contribution >= 4 is 5.91 Å². The fraction of sp³-hybridized carbons (Fsp3) is 0.412. The minimum atomic E-state index is -0.211. The van der Waals surface area contributed by atoms with Gasteiger partial charge in [0.15, 0.2) is 0 Å². The van der Waals surface area contributed by atoms with Crippen LogP contribution < -0.4 is 10.1 Å². The molecule has 0 unspecified atom stereocenters. The Morgan fingerprint density at radius 1 is 1.38 bits per heavy atom. The number of ether oxygens (including phenoxy) is 3. The number of nitrogens with one attached hydrogen (secondary N) is 2. The molecule has 0 aliphatic carbocycles. The second kappa shape index (κ2) is 7.46. The Labute approximate surface area is 140 Å². The molecule has 1 saturated heterocycles. The maximum Gasteiger partial charge on any atom is 0.269 e. The first-order valence-electron chi connectivity index (χ1n) is 7.83. The molecule has 1 aromatic carbocycles. The molecule has 1 fully saturated rings. The van der Waals surface area contributed by atoms with Crippen molar-refractivity contribution in [3.8, 4) is 17.0 Å². The SMILES string of the molecule is COc1ccccc1-c1cc(C(=O)N[C@@H]2CCOC[C@H]2OC)[nH]n1. The predicted molar refractivity (Wildman–Crippen MR) is 88.1 cm³/mol. The zero-order valence-electron chi connectivity index (χ0n) is 13.7. The molecule has 2 aromatic rings. The number of rotatable bonds is 5. The number of aromatic nitrogens is 2. The fourth-order valence-corrected chi connectivity index (χ4v) is 2.79. The van der Waals surface area contributed by atoms with E-state index in [-0.39, 0.29) is 18.1 Å². The Bertz CT molecular complexity index is 701. The molecule has 0 saturated carbocycles. The van der Waals surface area contributed by atoms with Crippen molar-refractivity contribution in [2.24, 2.45) is 0 Å². The van der Waals surface area contributed by atoms with Crippen molar-refractivity contribution in [1.82, 2.24) is 15.5 Å². The monoisotopic (exact) mass is 331 g/mol. The number of benzene rings is 1. The summed E-state index contributed by atoms with van der Waals surface area (Å²) in [5.74, 6) is 0.498. The van der Waals surface area contributed by atoms with Gasteiger partial charge in [0.1, 0.15) is 17.5 Å². The van der Waals surface area contributed by atoms with Gasteiger partial charge in [-0.1, -0.05) is 12.1 Å². The number of amides is 1. The van der Waals surface area contributed by atoms with E-state index in [2.05, 4.69) is 15.5 Å². The maximum absolute atomic E-state index is 12.5. The van der Waals surface area contributed by atoms with Gasteiger partial charge in [0.2, 0.25) is 0 Å². The van der Waals surface area contributed by atoms with Crippen molar-refractivity contribution in [3.05, 3.63) is 36.0 Å². The molecule has 1 aromatic heterocycles. The fourth-order valence-electron chi connectivity index (χ4n) is 2.79. The highest BCUT2D eigenvalue weighted by molar-refractivity contribution is 5.93. The van der Waals surface area contributed by atoms with Crippen LogP contribution in [0.5, 0.6) is 5.75 Å². The average Bonchev–Trinajstić information content (AvgIpc) is 3.12. The highest BCUT2D eigenvalue weighted by atomic mass is 16.5. The van der Waals surface area contributed by atoms with Crippen LogP contribution in [0.2, 0.25) is 0 Å². The predicted octanol–water partition coefficient (Wildman–Crippen LogP) is 1.62. The van der Waals surface area contributed by atoms with E-state index in [1.165, 1.54) is 0 Å². The lowest BCUT2D eigenvalue weighted by Gasteiger charge is -2.30. The smallest absolute Gasteiger partial charge is 0.269 e. The van der Waals surface area contributed by atoms with Crippen molar-refractivity contribution in [2.75, 3.05) is 27.4 Å². The molecule has 1 aliphatic rings. The topological polar surface area (TPSA) is 85.5 Å². The number of hydrogen-bond donors (Lipinski definition) is 2. The number of methoxy groups -OCH3 is 2. The lowest BCUT2D eigenvalue weighted by molar-refractivity contribution is -0.0479. The Kier molecular flexibility index (Phi) is 5.12. The summed E-state index contributed by atoms with van der Waals surface area (Å²) in [6.07, 6.45) is 0.580. The van der Waals surface area contributed by atoms with Crippen molar-refractivity contribution in [2.45, 2.75) is 18.6 Å². The molecule has 2 N–H and O–H groups in total. The lowest BCUT2D eigenvalue weighted by atomic mass is 10.1. The zero-order valence-corrected chi connectivity index (χ0v) is 13.7. The molecule has 3 rings (SSSR count). The molecule has 0 radical (unpaired) electrons. The molecule has 7 nitrogen and oxygen atoms in total. The van der Waals surface area contributed by atoms with Crippen LogP contribution in [0.1, 0.15) is 16.9 Å². The molecule has 2 heterocycles. The number of carbonyl (C=O) groups excluding carboxylic acids is 1. The molecule has 128 valence electrons. The summed E-state index contributed by atoms with van der Waals surface area (Å²) in [6, 6.07) is 9.18. The summed E-state index contributed by atoms with van der Waals surface area (Å²) in [4.78, 5) is 12.5. The number of carbonyl (C=O) groups is 1. The van der Waals surface area contributed by atoms with Gasteiger partial charge >= 0.3 is 0 Å². The third-order valence-electron chi connectivity index (χ3n) is 4.13. The number of nitrogens with zero attached hydrogens (tertiary/aromatic N) is 1. The maximum atomic E-state index is 12.5. The van der Waals surface area contributed by atoms with Crippen LogP contribution in [-0.4, -0.2) is 55.7 Å². The average molecular weight is 331 g/mol. The van der Waals surface area contributed by atoms with Crippen molar-refractivity contribution < 1.29 is 19.0 Å². The van der Waals surface area contributed by atoms with Gasteiger partial charge in [-0.2, -0.15) is 5.10 Å². The summed E-state index contributed by atoms with van der Waals surface area (Å²) in [5.41, 5.74) is 1.89. The van der Waals surface area contributed by atoms with Crippen LogP contribution in [0.3, 0.4) is 0 Å². The van der Waals surface area contributed by atoms with E-state index in [0.29, 0.717) is 30.4 Å². The zero-order chi connectivity index (χ0) is 16.9.